The number of anilines is 1. The van der Waals surface area contributed by atoms with Crippen molar-refractivity contribution in [2.24, 2.45) is 5.41 Å². The molecule has 0 atom stereocenters. The van der Waals surface area contributed by atoms with Crippen LogP contribution in [0.1, 0.15) is 5.69 Å². The highest BCUT2D eigenvalue weighted by Crippen LogP contribution is 2.37. The smallest absolute Gasteiger partial charge is 0.355 e. The van der Waals surface area contributed by atoms with E-state index in [4.69, 9.17) is 0 Å². The molecule has 2 aliphatic heterocycles. The number of nitrogens with zero attached hydrogens (tertiary/aromatic N) is 6. The van der Waals surface area contributed by atoms with E-state index in [2.05, 4.69) is 25.2 Å². The third kappa shape index (κ3) is 2.47. The Morgan fingerprint density at radius 2 is 1.93 bits per heavy atom. The lowest BCUT2D eigenvalue weighted by atomic mass is 9.74. The van der Waals surface area contributed by atoms with Crippen LogP contribution in [0, 0.1) is 18.2 Å². The molecule has 0 aliphatic carbocycles. The van der Waals surface area contributed by atoms with Gasteiger partial charge in [-0.15, -0.1) is 0 Å². The molecular weight excluding hydrogens is 373 g/mol. The number of rotatable bonds is 2. The first-order valence-corrected chi connectivity index (χ1v) is 9.51. The van der Waals surface area contributed by atoms with Gasteiger partial charge in [-0.3, -0.25) is 0 Å². The van der Waals surface area contributed by atoms with E-state index in [0.29, 0.717) is 22.3 Å². The molecule has 0 radical (unpaired) electrons. The normalized spacial score (nSPS) is 17.7. The maximum Gasteiger partial charge on any atom is 0.355 e. The summed E-state index contributed by atoms with van der Waals surface area (Å²) in [5.41, 5.74) is 2.80. The zero-order valence-electron chi connectivity index (χ0n) is 15.8. The second-order valence-electron chi connectivity index (χ2n) is 8.09. The van der Waals surface area contributed by atoms with Gasteiger partial charge >= 0.3 is 5.69 Å². The molecule has 0 saturated carbocycles. The molecule has 4 aromatic rings. The van der Waals surface area contributed by atoms with Gasteiger partial charge in [-0.1, -0.05) is 0 Å². The first-order chi connectivity index (χ1) is 14.0. The van der Waals surface area contributed by atoms with Crippen LogP contribution in [0.15, 0.2) is 41.6 Å². The first kappa shape index (κ1) is 16.6. The van der Waals surface area contributed by atoms with Crippen LogP contribution < -0.4 is 15.9 Å². The highest BCUT2D eigenvalue weighted by Gasteiger charge is 2.47. The Bertz CT molecular complexity index is 1350. The standard InChI is InChI=1S/C20H18FN7O/c1-12-5-26-6-13(4-15(21)18(26)23-12)17-24-16-3-2-14(7-28(16)19(29)25-17)27-10-20(11-27)8-22-9-20/h2-7,22H,8-11H2,1H3. The van der Waals surface area contributed by atoms with E-state index in [1.54, 1.807) is 29.9 Å². The van der Waals surface area contributed by atoms with Crippen molar-refractivity contribution in [2.75, 3.05) is 31.1 Å². The van der Waals surface area contributed by atoms with Gasteiger partial charge in [-0.05, 0) is 25.1 Å². The van der Waals surface area contributed by atoms with Crippen molar-refractivity contribution >= 4 is 17.0 Å². The van der Waals surface area contributed by atoms with E-state index in [-0.39, 0.29) is 11.5 Å². The Kier molecular flexibility index (Phi) is 3.21. The lowest BCUT2D eigenvalue weighted by molar-refractivity contribution is 0.121. The van der Waals surface area contributed by atoms with Crippen molar-refractivity contribution in [3.8, 4) is 11.4 Å². The molecule has 0 bridgehead atoms. The van der Waals surface area contributed by atoms with Crippen molar-refractivity contribution in [1.29, 1.82) is 0 Å². The number of pyridine rings is 2. The number of fused-ring (bicyclic) bond motifs is 2. The molecule has 29 heavy (non-hydrogen) atoms. The Balaban J connectivity index is 1.40. The maximum atomic E-state index is 14.4. The molecule has 0 amide bonds. The highest BCUT2D eigenvalue weighted by atomic mass is 19.1. The highest BCUT2D eigenvalue weighted by molar-refractivity contribution is 5.61. The van der Waals surface area contributed by atoms with Gasteiger partial charge in [0.05, 0.1) is 11.4 Å². The molecule has 146 valence electrons. The topological polar surface area (TPSA) is 79.8 Å². The minimum atomic E-state index is -0.480. The van der Waals surface area contributed by atoms with Crippen LogP contribution in [-0.2, 0) is 0 Å². The lowest BCUT2D eigenvalue weighted by Crippen LogP contribution is -2.71. The number of hydrogen-bond acceptors (Lipinski definition) is 6. The maximum absolute atomic E-state index is 14.4. The predicted molar refractivity (Wildman–Crippen MR) is 106 cm³/mol. The van der Waals surface area contributed by atoms with E-state index < -0.39 is 11.5 Å². The third-order valence-corrected chi connectivity index (χ3v) is 5.84. The van der Waals surface area contributed by atoms with Crippen molar-refractivity contribution in [3.63, 3.8) is 0 Å². The molecule has 6 heterocycles. The fourth-order valence-corrected chi connectivity index (χ4v) is 4.27. The predicted octanol–water partition coefficient (Wildman–Crippen LogP) is 1.26. The van der Waals surface area contributed by atoms with Gasteiger partial charge in [0, 0.05) is 55.7 Å². The number of imidazole rings is 1. The van der Waals surface area contributed by atoms with Crippen molar-refractivity contribution in [1.82, 2.24) is 29.1 Å². The van der Waals surface area contributed by atoms with Crippen molar-refractivity contribution < 1.29 is 4.39 Å². The molecule has 2 aliphatic rings. The lowest BCUT2D eigenvalue weighted by Gasteiger charge is -2.57. The van der Waals surface area contributed by atoms with Crippen LogP contribution in [0.2, 0.25) is 0 Å². The minimum Gasteiger partial charge on any atom is -0.369 e. The van der Waals surface area contributed by atoms with Crippen LogP contribution >= 0.6 is 0 Å². The first-order valence-electron chi connectivity index (χ1n) is 9.51. The molecule has 6 rings (SSSR count). The summed E-state index contributed by atoms with van der Waals surface area (Å²) in [4.78, 5) is 27.7. The largest absolute Gasteiger partial charge is 0.369 e. The molecule has 2 saturated heterocycles. The van der Waals surface area contributed by atoms with Gasteiger partial charge in [0.1, 0.15) is 5.65 Å². The molecule has 0 aromatic carbocycles. The van der Waals surface area contributed by atoms with Crippen LogP contribution in [0.3, 0.4) is 0 Å². The number of nitrogens with one attached hydrogen (secondary N) is 1. The van der Waals surface area contributed by atoms with Crippen molar-refractivity contribution in [3.05, 3.63) is 58.8 Å². The second kappa shape index (κ2) is 5.60. The molecule has 2 fully saturated rings. The molecule has 1 spiro atoms. The van der Waals surface area contributed by atoms with Crippen LogP contribution in [0.5, 0.6) is 0 Å². The fourth-order valence-electron chi connectivity index (χ4n) is 4.27. The van der Waals surface area contributed by atoms with Gasteiger partial charge in [0.15, 0.2) is 17.3 Å². The van der Waals surface area contributed by atoms with Gasteiger partial charge < -0.3 is 14.6 Å². The quantitative estimate of drug-likeness (QED) is 0.554. The minimum absolute atomic E-state index is 0.193. The zero-order chi connectivity index (χ0) is 19.8. The van der Waals surface area contributed by atoms with Crippen LogP contribution in [0.4, 0.5) is 10.1 Å². The summed E-state index contributed by atoms with van der Waals surface area (Å²) in [6, 6.07) is 5.09. The average molecular weight is 391 g/mol. The fraction of sp³-hybridized carbons (Fsp3) is 0.300. The second-order valence-corrected chi connectivity index (χ2v) is 8.09. The number of aryl methyl sites for hydroxylation is 1. The third-order valence-electron chi connectivity index (χ3n) is 5.84. The summed E-state index contributed by atoms with van der Waals surface area (Å²) in [5, 5.41) is 3.32. The Labute approximate surface area is 164 Å². The van der Waals surface area contributed by atoms with Gasteiger partial charge in [-0.25, -0.2) is 23.6 Å². The van der Waals surface area contributed by atoms with E-state index in [1.165, 1.54) is 10.5 Å². The Morgan fingerprint density at radius 1 is 1.10 bits per heavy atom. The summed E-state index contributed by atoms with van der Waals surface area (Å²) in [6.07, 6.45) is 5.19. The summed E-state index contributed by atoms with van der Waals surface area (Å²) in [6.45, 7) is 5.89. The SMILES string of the molecule is Cc1cn2cc(-c3nc(=O)n4cc(N5CC6(CNC6)C5)ccc4n3)cc(F)c2n1. The average Bonchev–Trinajstić information content (AvgIpc) is 3.00. The molecule has 0 unspecified atom stereocenters. The van der Waals surface area contributed by atoms with E-state index in [9.17, 15) is 9.18 Å². The van der Waals surface area contributed by atoms with Gasteiger partial charge in [0.2, 0.25) is 0 Å². The van der Waals surface area contributed by atoms with Crippen LogP contribution in [-0.4, -0.2) is 49.9 Å². The molecule has 4 aromatic heterocycles. The molecular formula is C20H18FN7O. The van der Waals surface area contributed by atoms with Crippen LogP contribution in [0.25, 0.3) is 22.7 Å². The summed E-state index contributed by atoms with van der Waals surface area (Å²) in [5.74, 6) is -0.287. The van der Waals surface area contributed by atoms with Crippen molar-refractivity contribution in [2.45, 2.75) is 6.92 Å². The van der Waals surface area contributed by atoms with Gasteiger partial charge in [0.25, 0.3) is 0 Å². The number of halogens is 1. The monoisotopic (exact) mass is 391 g/mol. The summed E-state index contributed by atoms with van der Waals surface area (Å²) < 4.78 is 17.4. The summed E-state index contributed by atoms with van der Waals surface area (Å²) in [7, 11) is 0. The number of aromatic nitrogens is 5. The molecule has 1 N–H and O–H groups in total. The molecule has 9 heteroatoms. The number of hydrogen-bond donors (Lipinski definition) is 1. The van der Waals surface area contributed by atoms with E-state index in [1.807, 2.05) is 12.1 Å². The van der Waals surface area contributed by atoms with Gasteiger partial charge in [-0.2, -0.15) is 4.98 Å². The Hall–Kier alpha value is -3.33. The zero-order valence-corrected chi connectivity index (χ0v) is 15.8. The van der Waals surface area contributed by atoms with E-state index in [0.717, 1.165) is 31.9 Å². The Morgan fingerprint density at radius 3 is 2.69 bits per heavy atom. The molecule has 8 nitrogen and oxygen atoms in total. The summed E-state index contributed by atoms with van der Waals surface area (Å²) >= 11 is 0. The van der Waals surface area contributed by atoms with E-state index >= 15 is 0 Å².